The maximum Gasteiger partial charge on any atom is 0.253 e. The molecular formula is C23H27N3O4. The first kappa shape index (κ1) is 21.4. The van der Waals surface area contributed by atoms with Gasteiger partial charge in [0.15, 0.2) is 0 Å². The van der Waals surface area contributed by atoms with Crippen LogP contribution in [0, 0.1) is 5.92 Å². The predicted octanol–water partition coefficient (Wildman–Crippen LogP) is 3.22. The normalized spacial score (nSPS) is 15.9. The molecular weight excluding hydrogens is 382 g/mol. The molecule has 0 saturated carbocycles. The zero-order valence-electron chi connectivity index (χ0n) is 17.5. The fourth-order valence-electron chi connectivity index (χ4n) is 3.39. The molecule has 0 radical (unpaired) electrons. The van der Waals surface area contributed by atoms with Crippen LogP contribution in [-0.4, -0.2) is 36.9 Å². The quantitative estimate of drug-likeness (QED) is 0.735. The molecule has 0 bridgehead atoms. The summed E-state index contributed by atoms with van der Waals surface area (Å²) in [5.41, 5.74) is 1.57. The van der Waals surface area contributed by atoms with E-state index in [4.69, 9.17) is 4.74 Å². The monoisotopic (exact) mass is 409 g/mol. The number of benzene rings is 2. The van der Waals surface area contributed by atoms with Crippen LogP contribution in [0.4, 0.5) is 11.4 Å². The lowest BCUT2D eigenvalue weighted by Gasteiger charge is -2.18. The molecule has 0 aromatic heterocycles. The summed E-state index contributed by atoms with van der Waals surface area (Å²) in [5.74, 6) is -0.394. The summed E-state index contributed by atoms with van der Waals surface area (Å²) in [5, 5.41) is 5.65. The second-order valence-electron chi connectivity index (χ2n) is 7.50. The summed E-state index contributed by atoms with van der Waals surface area (Å²) >= 11 is 0. The average Bonchev–Trinajstić information content (AvgIpc) is 3.10. The Labute approximate surface area is 176 Å². The summed E-state index contributed by atoms with van der Waals surface area (Å²) in [6.45, 7) is 6.52. The van der Waals surface area contributed by atoms with Crippen molar-refractivity contribution in [3.63, 3.8) is 0 Å². The second kappa shape index (κ2) is 9.43. The van der Waals surface area contributed by atoms with E-state index in [1.807, 2.05) is 45.0 Å². The first-order valence-electron chi connectivity index (χ1n) is 10.1. The predicted molar refractivity (Wildman–Crippen MR) is 116 cm³/mol. The first-order valence-corrected chi connectivity index (χ1v) is 10.1. The molecule has 0 unspecified atom stereocenters. The molecule has 30 heavy (non-hydrogen) atoms. The number of rotatable bonds is 7. The molecule has 2 aromatic rings. The van der Waals surface area contributed by atoms with Gasteiger partial charge in [-0.15, -0.1) is 0 Å². The standard InChI is InChI=1S/C23H27N3O4/c1-4-30-18-11-9-17(10-12-18)26-14-16(13-21(26)27)22(28)25-20-8-6-5-7-19(20)23(29)24-15(2)3/h5-12,15-16H,4,13-14H2,1-3H3,(H,24,29)(H,25,28)/t16-/m1/s1. The van der Waals surface area contributed by atoms with Crippen LogP contribution in [-0.2, 0) is 9.59 Å². The van der Waals surface area contributed by atoms with Gasteiger partial charge in [-0.25, -0.2) is 0 Å². The van der Waals surface area contributed by atoms with Gasteiger partial charge >= 0.3 is 0 Å². The molecule has 7 heteroatoms. The smallest absolute Gasteiger partial charge is 0.253 e. The third-order valence-corrected chi connectivity index (χ3v) is 4.80. The molecule has 1 fully saturated rings. The maximum absolute atomic E-state index is 12.8. The molecule has 1 aliphatic rings. The lowest BCUT2D eigenvalue weighted by molar-refractivity contribution is -0.122. The summed E-state index contributed by atoms with van der Waals surface area (Å²) in [7, 11) is 0. The molecule has 2 aromatic carbocycles. The number of amides is 3. The van der Waals surface area contributed by atoms with Crippen molar-refractivity contribution in [2.45, 2.75) is 33.2 Å². The number of hydrogen-bond donors (Lipinski definition) is 2. The van der Waals surface area contributed by atoms with Crippen molar-refractivity contribution in [3.05, 3.63) is 54.1 Å². The number of carbonyl (C=O) groups is 3. The van der Waals surface area contributed by atoms with E-state index >= 15 is 0 Å². The van der Waals surface area contributed by atoms with Gasteiger partial charge in [0.05, 0.1) is 23.8 Å². The molecule has 0 spiro atoms. The highest BCUT2D eigenvalue weighted by Crippen LogP contribution is 2.28. The van der Waals surface area contributed by atoms with Gasteiger partial charge in [-0.1, -0.05) is 12.1 Å². The zero-order chi connectivity index (χ0) is 21.7. The fraction of sp³-hybridized carbons (Fsp3) is 0.348. The summed E-state index contributed by atoms with van der Waals surface area (Å²) in [6.07, 6.45) is 0.124. The van der Waals surface area contributed by atoms with Crippen molar-refractivity contribution in [1.29, 1.82) is 0 Å². The van der Waals surface area contributed by atoms with E-state index in [2.05, 4.69) is 10.6 Å². The molecule has 7 nitrogen and oxygen atoms in total. The van der Waals surface area contributed by atoms with Gasteiger partial charge < -0.3 is 20.3 Å². The lowest BCUT2D eigenvalue weighted by atomic mass is 10.1. The molecule has 2 N–H and O–H groups in total. The van der Waals surface area contributed by atoms with Crippen LogP contribution in [0.1, 0.15) is 37.6 Å². The first-order chi connectivity index (χ1) is 14.4. The number of carbonyl (C=O) groups excluding carboxylic acids is 3. The minimum atomic E-state index is -0.495. The Kier molecular flexibility index (Phi) is 6.72. The Bertz CT molecular complexity index is 924. The van der Waals surface area contributed by atoms with Crippen LogP contribution in [0.25, 0.3) is 0 Å². The molecule has 1 saturated heterocycles. The van der Waals surface area contributed by atoms with Gasteiger partial charge in [0.25, 0.3) is 5.91 Å². The number of nitrogens with one attached hydrogen (secondary N) is 2. The molecule has 3 rings (SSSR count). The van der Waals surface area contributed by atoms with E-state index < -0.39 is 5.92 Å². The zero-order valence-corrected chi connectivity index (χ0v) is 17.5. The van der Waals surface area contributed by atoms with Crippen LogP contribution in [0.3, 0.4) is 0 Å². The lowest BCUT2D eigenvalue weighted by Crippen LogP contribution is -2.32. The number of hydrogen-bond acceptors (Lipinski definition) is 4. The topological polar surface area (TPSA) is 87.7 Å². The van der Waals surface area contributed by atoms with Gasteiger partial charge in [0.1, 0.15) is 5.75 Å². The third-order valence-electron chi connectivity index (χ3n) is 4.80. The average molecular weight is 409 g/mol. The SMILES string of the molecule is CCOc1ccc(N2C[C@H](C(=O)Nc3ccccc3C(=O)NC(C)C)CC2=O)cc1. The van der Waals surface area contributed by atoms with Crippen LogP contribution in [0.5, 0.6) is 5.75 Å². The Morgan fingerprint density at radius 2 is 1.83 bits per heavy atom. The summed E-state index contributed by atoms with van der Waals surface area (Å²) in [6, 6.07) is 14.1. The highest BCUT2D eigenvalue weighted by atomic mass is 16.5. The van der Waals surface area contributed by atoms with E-state index in [9.17, 15) is 14.4 Å². The largest absolute Gasteiger partial charge is 0.494 e. The van der Waals surface area contributed by atoms with Gasteiger partial charge in [0, 0.05) is 24.7 Å². The molecule has 158 valence electrons. The Morgan fingerprint density at radius 1 is 1.13 bits per heavy atom. The second-order valence-corrected chi connectivity index (χ2v) is 7.50. The fourth-order valence-corrected chi connectivity index (χ4v) is 3.39. The molecule has 1 heterocycles. The highest BCUT2D eigenvalue weighted by Gasteiger charge is 2.35. The van der Waals surface area contributed by atoms with Crippen LogP contribution in [0.15, 0.2) is 48.5 Å². The van der Waals surface area contributed by atoms with Crippen molar-refractivity contribution in [2.75, 3.05) is 23.4 Å². The van der Waals surface area contributed by atoms with E-state index in [0.717, 1.165) is 11.4 Å². The van der Waals surface area contributed by atoms with E-state index in [-0.39, 0.29) is 30.2 Å². The van der Waals surface area contributed by atoms with Crippen LogP contribution in [0.2, 0.25) is 0 Å². The van der Waals surface area contributed by atoms with Gasteiger partial charge in [-0.3, -0.25) is 14.4 Å². The maximum atomic E-state index is 12.8. The van der Waals surface area contributed by atoms with E-state index in [0.29, 0.717) is 24.4 Å². The number of anilines is 2. The summed E-state index contributed by atoms with van der Waals surface area (Å²) < 4.78 is 5.43. The number of nitrogens with zero attached hydrogens (tertiary/aromatic N) is 1. The minimum absolute atomic E-state index is 0.0172. The van der Waals surface area contributed by atoms with Crippen LogP contribution >= 0.6 is 0 Å². The van der Waals surface area contributed by atoms with Crippen molar-refractivity contribution in [2.24, 2.45) is 5.92 Å². The molecule has 1 aliphatic heterocycles. The minimum Gasteiger partial charge on any atom is -0.494 e. The van der Waals surface area contributed by atoms with Crippen molar-refractivity contribution >= 4 is 29.1 Å². The summed E-state index contributed by atoms with van der Waals surface area (Å²) in [4.78, 5) is 39.3. The van der Waals surface area contributed by atoms with E-state index in [1.54, 1.807) is 29.2 Å². The van der Waals surface area contributed by atoms with Crippen molar-refractivity contribution < 1.29 is 19.1 Å². The van der Waals surface area contributed by atoms with Gasteiger partial charge in [0.2, 0.25) is 11.8 Å². The molecule has 0 aliphatic carbocycles. The number of para-hydroxylation sites is 1. The Hall–Kier alpha value is -3.35. The Balaban J connectivity index is 1.69. The number of ether oxygens (including phenoxy) is 1. The molecule has 3 amide bonds. The van der Waals surface area contributed by atoms with Crippen molar-refractivity contribution in [3.8, 4) is 5.75 Å². The van der Waals surface area contributed by atoms with Gasteiger partial charge in [-0.05, 0) is 57.2 Å². The van der Waals surface area contributed by atoms with Crippen molar-refractivity contribution in [1.82, 2.24) is 5.32 Å². The van der Waals surface area contributed by atoms with E-state index in [1.165, 1.54) is 0 Å². The third kappa shape index (κ3) is 4.97. The molecule has 1 atom stereocenters. The van der Waals surface area contributed by atoms with Crippen LogP contribution < -0.4 is 20.3 Å². The van der Waals surface area contributed by atoms with Gasteiger partial charge in [-0.2, -0.15) is 0 Å². The Morgan fingerprint density at radius 3 is 2.50 bits per heavy atom. The highest BCUT2D eigenvalue weighted by molar-refractivity contribution is 6.07.